The molecule has 0 amide bonds. The van der Waals surface area contributed by atoms with Gasteiger partial charge in [-0.05, 0) is 19.1 Å². The van der Waals surface area contributed by atoms with Gasteiger partial charge in [0.25, 0.3) is 0 Å². The molecule has 0 fully saturated rings. The summed E-state index contributed by atoms with van der Waals surface area (Å²) in [5, 5.41) is 8.43. The number of nitriles is 1. The molecule has 2 heteroatoms. The summed E-state index contributed by atoms with van der Waals surface area (Å²) in [4.78, 5) is 3.93. The van der Waals surface area contributed by atoms with Crippen molar-refractivity contribution in [2.45, 2.75) is 6.92 Å². The Bertz CT molecular complexity index is 281. The fourth-order valence-electron chi connectivity index (χ4n) is 0.602. The monoisotopic (exact) mass is 144 g/mol. The molecule has 0 aromatic carbocycles. The number of nitrogens with zero attached hydrogens (tertiary/aromatic N) is 2. The molecule has 0 unspecified atom stereocenters. The highest BCUT2D eigenvalue weighted by Gasteiger charge is 1.91. The van der Waals surface area contributed by atoms with Crippen LogP contribution in [0, 0.1) is 31.1 Å². The average Bonchev–Trinajstić information content (AvgIpc) is 2.09. The molecule has 1 aromatic rings. The van der Waals surface area contributed by atoms with Crippen LogP contribution in [0.1, 0.15) is 11.3 Å². The Morgan fingerprint density at radius 3 is 2.55 bits per heavy atom. The van der Waals surface area contributed by atoms with Gasteiger partial charge in [-0.3, -0.25) is 4.98 Å². The first-order valence-corrected chi connectivity index (χ1v) is 2.99. The second-order valence-electron chi connectivity index (χ2n) is 1.75. The zero-order valence-corrected chi connectivity index (χ0v) is 6.28. The van der Waals surface area contributed by atoms with Crippen LogP contribution in [0.5, 0.6) is 0 Å². The van der Waals surface area contributed by atoms with Crippen molar-refractivity contribution in [1.29, 1.82) is 5.26 Å². The average molecular weight is 144 g/mol. The lowest BCUT2D eigenvalue weighted by atomic mass is 10.2. The summed E-state index contributed by atoms with van der Waals surface area (Å²) in [6, 6.07) is 5.54. The number of terminal acetylenes is 1. The van der Waals surface area contributed by atoms with Crippen LogP contribution in [0.25, 0.3) is 0 Å². The highest BCUT2D eigenvalue weighted by Crippen LogP contribution is 1.99. The van der Waals surface area contributed by atoms with Gasteiger partial charge in [-0.1, -0.05) is 0 Å². The predicted molar refractivity (Wildman–Crippen MR) is 43.6 cm³/mol. The van der Waals surface area contributed by atoms with E-state index in [1.54, 1.807) is 18.3 Å². The van der Waals surface area contributed by atoms with E-state index in [9.17, 15) is 0 Å². The summed E-state index contributed by atoms with van der Waals surface area (Å²) >= 11 is 0. The molecule has 0 aliphatic heterocycles. The van der Waals surface area contributed by atoms with Gasteiger partial charge in [0.1, 0.15) is 6.07 Å². The Hall–Kier alpha value is -1.80. The summed E-state index contributed by atoms with van der Waals surface area (Å²) in [5.74, 6) is 0. The molecule has 54 valence electrons. The number of aryl methyl sites for hydroxylation is 1. The van der Waals surface area contributed by atoms with Gasteiger partial charge < -0.3 is 0 Å². The molecule has 0 spiro atoms. The third kappa shape index (κ3) is 2.51. The zero-order valence-electron chi connectivity index (χ0n) is 6.28. The van der Waals surface area contributed by atoms with Crippen LogP contribution in [0.15, 0.2) is 18.3 Å². The largest absolute Gasteiger partial charge is 0.260 e. The topological polar surface area (TPSA) is 36.7 Å². The summed E-state index contributed by atoms with van der Waals surface area (Å²) in [6.45, 7) is 1.82. The van der Waals surface area contributed by atoms with E-state index in [-0.39, 0.29) is 0 Å². The molecular formula is C9H8N2. The summed E-state index contributed by atoms with van der Waals surface area (Å²) in [6.07, 6.45) is 9.68. The van der Waals surface area contributed by atoms with E-state index in [0.29, 0.717) is 5.56 Å². The Labute approximate surface area is 66.5 Å². The second-order valence-corrected chi connectivity index (χ2v) is 1.75. The third-order valence-corrected chi connectivity index (χ3v) is 1.13. The maximum Gasteiger partial charge on any atom is 0.101 e. The minimum atomic E-state index is 0.650. The van der Waals surface area contributed by atoms with Gasteiger partial charge in [0.05, 0.1) is 11.3 Å². The van der Waals surface area contributed by atoms with E-state index < -0.39 is 0 Å². The van der Waals surface area contributed by atoms with Crippen molar-refractivity contribution < 1.29 is 0 Å². The zero-order chi connectivity index (χ0) is 8.69. The molecule has 0 aliphatic rings. The lowest BCUT2D eigenvalue weighted by Crippen LogP contribution is -1.83. The first kappa shape index (κ1) is 9.20. The Morgan fingerprint density at radius 1 is 1.55 bits per heavy atom. The molecule has 0 atom stereocenters. The van der Waals surface area contributed by atoms with E-state index in [1.807, 2.05) is 13.0 Å². The molecule has 0 aliphatic carbocycles. The molecule has 1 rings (SSSR count). The Morgan fingerprint density at radius 2 is 2.18 bits per heavy atom. The van der Waals surface area contributed by atoms with Crippen molar-refractivity contribution in [1.82, 2.24) is 4.98 Å². The molecule has 0 saturated heterocycles. The van der Waals surface area contributed by atoms with Crippen molar-refractivity contribution in [3.63, 3.8) is 0 Å². The van der Waals surface area contributed by atoms with Crippen molar-refractivity contribution in [2.75, 3.05) is 0 Å². The van der Waals surface area contributed by atoms with Gasteiger partial charge in [0.15, 0.2) is 0 Å². The lowest BCUT2D eigenvalue weighted by molar-refractivity contribution is 1.18. The Kier molecular flexibility index (Phi) is 4.20. The van der Waals surface area contributed by atoms with Crippen LogP contribution >= 0.6 is 0 Å². The second kappa shape index (κ2) is 5.02. The van der Waals surface area contributed by atoms with E-state index in [1.165, 1.54) is 0 Å². The number of rotatable bonds is 0. The summed E-state index contributed by atoms with van der Waals surface area (Å²) in [7, 11) is 0. The molecule has 0 bridgehead atoms. The van der Waals surface area contributed by atoms with E-state index in [2.05, 4.69) is 17.8 Å². The van der Waals surface area contributed by atoms with Crippen LogP contribution in [-0.4, -0.2) is 4.98 Å². The van der Waals surface area contributed by atoms with Gasteiger partial charge >= 0.3 is 0 Å². The van der Waals surface area contributed by atoms with Gasteiger partial charge in [-0.15, -0.1) is 12.8 Å². The highest BCUT2D eigenvalue weighted by molar-refractivity contribution is 5.31. The predicted octanol–water partition coefficient (Wildman–Crippen LogP) is 1.51. The minimum Gasteiger partial charge on any atom is -0.260 e. The third-order valence-electron chi connectivity index (χ3n) is 1.13. The summed E-state index contributed by atoms with van der Waals surface area (Å²) < 4.78 is 0. The van der Waals surface area contributed by atoms with E-state index in [4.69, 9.17) is 5.26 Å². The number of hydrogen-bond donors (Lipinski definition) is 0. The van der Waals surface area contributed by atoms with Gasteiger partial charge in [0, 0.05) is 6.20 Å². The van der Waals surface area contributed by atoms with Crippen LogP contribution in [-0.2, 0) is 0 Å². The molecule has 11 heavy (non-hydrogen) atoms. The normalized spacial score (nSPS) is 7.09. The molecule has 0 N–H and O–H groups in total. The standard InChI is InChI=1S/C7H6N2.C2H2/c1-6-7(5-8)3-2-4-9-6;1-2/h2-4H,1H3;1-2H. The van der Waals surface area contributed by atoms with Gasteiger partial charge in [-0.25, -0.2) is 0 Å². The summed E-state index contributed by atoms with van der Waals surface area (Å²) in [5.41, 5.74) is 1.44. The molecular weight excluding hydrogens is 136 g/mol. The quantitative estimate of drug-likeness (QED) is 0.517. The van der Waals surface area contributed by atoms with Gasteiger partial charge in [-0.2, -0.15) is 5.26 Å². The molecule has 1 heterocycles. The van der Waals surface area contributed by atoms with Crippen LogP contribution in [0.2, 0.25) is 0 Å². The fourth-order valence-corrected chi connectivity index (χ4v) is 0.602. The first-order valence-electron chi connectivity index (χ1n) is 2.99. The van der Waals surface area contributed by atoms with Crippen molar-refractivity contribution in [3.8, 4) is 18.9 Å². The minimum absolute atomic E-state index is 0.650. The maximum atomic E-state index is 8.43. The highest BCUT2D eigenvalue weighted by atomic mass is 14.7. The maximum absolute atomic E-state index is 8.43. The number of pyridine rings is 1. The van der Waals surface area contributed by atoms with Crippen LogP contribution < -0.4 is 0 Å². The van der Waals surface area contributed by atoms with Crippen molar-refractivity contribution in [2.24, 2.45) is 0 Å². The number of aromatic nitrogens is 1. The Balaban J connectivity index is 0.000000461. The van der Waals surface area contributed by atoms with Gasteiger partial charge in [0.2, 0.25) is 0 Å². The lowest BCUT2D eigenvalue weighted by Gasteiger charge is -1.89. The molecule has 1 aromatic heterocycles. The molecule has 2 nitrogen and oxygen atoms in total. The molecule has 0 saturated carbocycles. The number of hydrogen-bond acceptors (Lipinski definition) is 2. The van der Waals surface area contributed by atoms with Crippen LogP contribution in [0.3, 0.4) is 0 Å². The van der Waals surface area contributed by atoms with Crippen molar-refractivity contribution >= 4 is 0 Å². The smallest absolute Gasteiger partial charge is 0.101 e. The first-order chi connectivity index (χ1) is 5.34. The van der Waals surface area contributed by atoms with Crippen LogP contribution in [0.4, 0.5) is 0 Å². The molecule has 0 radical (unpaired) electrons. The van der Waals surface area contributed by atoms with E-state index >= 15 is 0 Å². The SMILES string of the molecule is C#C.Cc1ncccc1C#N. The van der Waals surface area contributed by atoms with Crippen molar-refractivity contribution in [3.05, 3.63) is 29.6 Å². The fraction of sp³-hybridized carbons (Fsp3) is 0.111. The van der Waals surface area contributed by atoms with E-state index in [0.717, 1.165) is 5.69 Å².